The van der Waals surface area contributed by atoms with Crippen LogP contribution in [0.4, 0.5) is 0 Å². The summed E-state index contributed by atoms with van der Waals surface area (Å²) < 4.78 is 5.02. The molecule has 0 aromatic carbocycles. The highest BCUT2D eigenvalue weighted by atomic mass is 16.5. The first-order valence-corrected chi connectivity index (χ1v) is 4.93. The van der Waals surface area contributed by atoms with Gasteiger partial charge in [-0.1, -0.05) is 6.92 Å². The molecular weight excluding hydrogens is 198 g/mol. The van der Waals surface area contributed by atoms with Crippen LogP contribution in [-0.4, -0.2) is 47.7 Å². The number of rotatable bonds is 7. The predicted octanol–water partition coefficient (Wildman–Crippen LogP) is 0.733. The van der Waals surface area contributed by atoms with Crippen LogP contribution in [0.5, 0.6) is 0 Å². The van der Waals surface area contributed by atoms with E-state index in [1.807, 2.05) is 6.92 Å². The lowest BCUT2D eigenvalue weighted by atomic mass is 9.93. The molecule has 0 aliphatic rings. The Hall–Kier alpha value is -1.10. The van der Waals surface area contributed by atoms with E-state index < -0.39 is 17.6 Å². The first kappa shape index (κ1) is 13.9. The third-order valence-electron chi connectivity index (χ3n) is 2.77. The second-order valence-electron chi connectivity index (χ2n) is 3.63. The number of carbonyl (C=O) groups excluding carboxylic acids is 1. The Morgan fingerprint density at radius 3 is 2.47 bits per heavy atom. The molecule has 0 spiro atoms. The zero-order valence-electron chi connectivity index (χ0n) is 9.69. The summed E-state index contributed by atoms with van der Waals surface area (Å²) >= 11 is 0. The summed E-state index contributed by atoms with van der Waals surface area (Å²) in [6, 6.07) is 0. The molecule has 0 heterocycles. The number of aliphatic carboxylic acids is 1. The predicted molar refractivity (Wildman–Crippen MR) is 55.6 cm³/mol. The Labute approximate surface area is 90.0 Å². The summed E-state index contributed by atoms with van der Waals surface area (Å²) in [5.41, 5.74) is -1.31. The van der Waals surface area contributed by atoms with Crippen molar-refractivity contribution in [1.29, 1.82) is 0 Å². The Kier molecular flexibility index (Phi) is 5.28. The van der Waals surface area contributed by atoms with Gasteiger partial charge < -0.3 is 14.7 Å². The second kappa shape index (κ2) is 5.70. The molecule has 1 amide bonds. The van der Waals surface area contributed by atoms with E-state index in [-0.39, 0.29) is 0 Å². The van der Waals surface area contributed by atoms with E-state index in [0.717, 1.165) is 0 Å². The fraction of sp³-hybridized carbons (Fsp3) is 0.800. The summed E-state index contributed by atoms with van der Waals surface area (Å²) in [5, 5.41) is 9.18. The Morgan fingerprint density at radius 1 is 1.67 bits per heavy atom. The summed E-state index contributed by atoms with van der Waals surface area (Å²) in [7, 11) is 1.43. The Morgan fingerprint density at radius 2 is 2.20 bits per heavy atom. The van der Waals surface area contributed by atoms with Crippen LogP contribution in [0.15, 0.2) is 0 Å². The average molecular weight is 217 g/mol. The van der Waals surface area contributed by atoms with Gasteiger partial charge in [0.1, 0.15) is 0 Å². The summed E-state index contributed by atoms with van der Waals surface area (Å²) in [4.78, 5) is 23.4. The lowest BCUT2D eigenvalue weighted by molar-refractivity contribution is -0.163. The maximum atomic E-state index is 11.2. The first-order valence-electron chi connectivity index (χ1n) is 4.93. The topological polar surface area (TPSA) is 66.8 Å². The smallest absolute Gasteiger partial charge is 0.332 e. The summed E-state index contributed by atoms with van der Waals surface area (Å²) in [6.45, 7) is 5.42. The third kappa shape index (κ3) is 2.68. The first-order chi connectivity index (χ1) is 6.94. The SMILES string of the molecule is CCCN(C=O)C(C)(C(=O)O)C(C)OC. The van der Waals surface area contributed by atoms with Gasteiger partial charge in [-0.25, -0.2) is 4.79 Å². The van der Waals surface area contributed by atoms with Crippen molar-refractivity contribution < 1.29 is 19.4 Å². The van der Waals surface area contributed by atoms with E-state index in [4.69, 9.17) is 4.74 Å². The van der Waals surface area contributed by atoms with Gasteiger partial charge in [-0.15, -0.1) is 0 Å². The lowest BCUT2D eigenvalue weighted by Gasteiger charge is -2.38. The van der Waals surface area contributed by atoms with E-state index in [1.165, 1.54) is 18.9 Å². The van der Waals surface area contributed by atoms with Crippen LogP contribution in [0.3, 0.4) is 0 Å². The minimum Gasteiger partial charge on any atom is -0.479 e. The summed E-state index contributed by atoms with van der Waals surface area (Å²) in [6.07, 6.45) is 0.706. The zero-order chi connectivity index (χ0) is 12.1. The van der Waals surface area contributed by atoms with Crippen LogP contribution in [0.2, 0.25) is 0 Å². The number of amides is 1. The van der Waals surface area contributed by atoms with Crippen molar-refractivity contribution in [1.82, 2.24) is 4.90 Å². The largest absolute Gasteiger partial charge is 0.479 e. The lowest BCUT2D eigenvalue weighted by Crippen LogP contribution is -2.59. The highest BCUT2D eigenvalue weighted by Crippen LogP contribution is 2.21. The van der Waals surface area contributed by atoms with Crippen molar-refractivity contribution >= 4 is 12.4 Å². The molecule has 5 heteroatoms. The molecule has 0 radical (unpaired) electrons. The van der Waals surface area contributed by atoms with Gasteiger partial charge in [0.25, 0.3) is 0 Å². The number of hydrogen-bond acceptors (Lipinski definition) is 3. The van der Waals surface area contributed by atoms with Gasteiger partial charge in [0.2, 0.25) is 6.41 Å². The van der Waals surface area contributed by atoms with Crippen molar-refractivity contribution in [3.63, 3.8) is 0 Å². The maximum absolute atomic E-state index is 11.2. The van der Waals surface area contributed by atoms with E-state index in [9.17, 15) is 14.7 Å². The molecule has 88 valence electrons. The highest BCUT2D eigenvalue weighted by Gasteiger charge is 2.44. The molecule has 0 rings (SSSR count). The Balaban J connectivity index is 5.06. The van der Waals surface area contributed by atoms with E-state index in [0.29, 0.717) is 19.4 Å². The second-order valence-corrected chi connectivity index (χ2v) is 3.63. The van der Waals surface area contributed by atoms with Crippen LogP contribution in [0.25, 0.3) is 0 Å². The number of ether oxygens (including phenoxy) is 1. The number of nitrogens with zero attached hydrogens (tertiary/aromatic N) is 1. The van der Waals surface area contributed by atoms with Crippen LogP contribution >= 0.6 is 0 Å². The Bertz CT molecular complexity index is 231. The number of carboxylic acids is 1. The molecule has 5 nitrogen and oxygen atoms in total. The fourth-order valence-electron chi connectivity index (χ4n) is 1.40. The molecule has 0 saturated carbocycles. The van der Waals surface area contributed by atoms with Gasteiger partial charge in [-0.05, 0) is 20.3 Å². The molecule has 2 atom stereocenters. The molecule has 15 heavy (non-hydrogen) atoms. The zero-order valence-corrected chi connectivity index (χ0v) is 9.69. The van der Waals surface area contributed by atoms with Crippen molar-refractivity contribution in [3.8, 4) is 0 Å². The average Bonchev–Trinajstić information content (AvgIpc) is 2.23. The molecule has 0 fully saturated rings. The maximum Gasteiger partial charge on any atom is 0.332 e. The molecule has 0 aromatic rings. The number of hydrogen-bond donors (Lipinski definition) is 1. The standard InChI is InChI=1S/C10H19NO4/c1-5-6-11(7-12)10(3,9(13)14)8(2)15-4/h7-8H,5-6H2,1-4H3,(H,13,14). The van der Waals surface area contributed by atoms with Crippen molar-refractivity contribution in [2.75, 3.05) is 13.7 Å². The van der Waals surface area contributed by atoms with Gasteiger partial charge >= 0.3 is 5.97 Å². The highest BCUT2D eigenvalue weighted by molar-refractivity contribution is 5.81. The van der Waals surface area contributed by atoms with E-state index >= 15 is 0 Å². The molecule has 1 N–H and O–H groups in total. The molecular formula is C10H19NO4. The van der Waals surface area contributed by atoms with Crippen molar-refractivity contribution in [2.24, 2.45) is 0 Å². The van der Waals surface area contributed by atoms with Crippen LogP contribution in [-0.2, 0) is 14.3 Å². The molecule has 0 aliphatic carbocycles. The van der Waals surface area contributed by atoms with Crippen LogP contribution in [0, 0.1) is 0 Å². The van der Waals surface area contributed by atoms with Crippen molar-refractivity contribution in [2.45, 2.75) is 38.8 Å². The minimum atomic E-state index is -1.31. The minimum absolute atomic E-state index is 0.403. The van der Waals surface area contributed by atoms with Gasteiger partial charge in [0.15, 0.2) is 5.54 Å². The quantitative estimate of drug-likeness (QED) is 0.638. The molecule has 0 aliphatic heterocycles. The molecule has 0 bridgehead atoms. The van der Waals surface area contributed by atoms with Gasteiger partial charge in [0.05, 0.1) is 6.10 Å². The fourth-order valence-corrected chi connectivity index (χ4v) is 1.40. The third-order valence-corrected chi connectivity index (χ3v) is 2.77. The molecule has 2 unspecified atom stereocenters. The van der Waals surface area contributed by atoms with E-state index in [2.05, 4.69) is 0 Å². The normalized spacial score (nSPS) is 16.5. The van der Waals surface area contributed by atoms with Gasteiger partial charge in [-0.3, -0.25) is 4.79 Å². The van der Waals surface area contributed by atoms with Crippen LogP contribution < -0.4 is 0 Å². The van der Waals surface area contributed by atoms with Gasteiger partial charge in [0, 0.05) is 13.7 Å². The van der Waals surface area contributed by atoms with Gasteiger partial charge in [-0.2, -0.15) is 0 Å². The number of carbonyl (C=O) groups is 2. The van der Waals surface area contributed by atoms with E-state index in [1.54, 1.807) is 6.92 Å². The molecule has 0 saturated heterocycles. The van der Waals surface area contributed by atoms with Crippen LogP contribution in [0.1, 0.15) is 27.2 Å². The summed E-state index contributed by atoms with van der Waals surface area (Å²) in [5.74, 6) is -1.06. The number of carboxylic acid groups (broad SMARTS) is 1. The van der Waals surface area contributed by atoms with Crippen molar-refractivity contribution in [3.05, 3.63) is 0 Å². The monoisotopic (exact) mass is 217 g/mol. The molecule has 0 aromatic heterocycles. The number of methoxy groups -OCH3 is 1.